The van der Waals surface area contributed by atoms with Crippen LogP contribution in [0, 0.1) is 0 Å². The molecule has 5 rings (SSSR count). The van der Waals surface area contributed by atoms with Crippen molar-refractivity contribution < 1.29 is 19.5 Å². The molecule has 4 aromatic rings. The first-order valence-corrected chi connectivity index (χ1v) is 11.9. The summed E-state index contributed by atoms with van der Waals surface area (Å²) in [7, 11) is 0. The molecule has 1 saturated heterocycles. The second-order valence-corrected chi connectivity index (χ2v) is 8.84. The number of hydroxylamine groups is 1. The van der Waals surface area contributed by atoms with Crippen LogP contribution >= 0.6 is 0 Å². The van der Waals surface area contributed by atoms with Crippen molar-refractivity contribution in [1.29, 1.82) is 0 Å². The van der Waals surface area contributed by atoms with Gasteiger partial charge in [-0.3, -0.25) is 19.8 Å². The summed E-state index contributed by atoms with van der Waals surface area (Å²) in [6, 6.07) is 26.1. The number of ether oxygens (including phenoxy) is 1. The van der Waals surface area contributed by atoms with E-state index in [0.717, 1.165) is 27.9 Å². The lowest BCUT2D eigenvalue weighted by molar-refractivity contribution is -0.118. The smallest absolute Gasteiger partial charge is 0.275 e. The van der Waals surface area contributed by atoms with Crippen LogP contribution in [-0.2, 0) is 4.79 Å². The van der Waals surface area contributed by atoms with Gasteiger partial charge in [-0.1, -0.05) is 54.6 Å². The van der Waals surface area contributed by atoms with Gasteiger partial charge < -0.3 is 15.4 Å². The van der Waals surface area contributed by atoms with Gasteiger partial charge in [-0.25, -0.2) is 5.48 Å². The number of hydrogen-bond donors (Lipinski definition) is 3. The molecule has 1 atom stereocenters. The molecule has 8 heteroatoms. The average Bonchev–Trinajstić information content (AvgIpc) is 2.91. The van der Waals surface area contributed by atoms with Crippen LogP contribution in [0.1, 0.15) is 27.4 Å². The first-order chi connectivity index (χ1) is 18.0. The van der Waals surface area contributed by atoms with Gasteiger partial charge in [0.1, 0.15) is 11.9 Å². The Morgan fingerprint density at radius 3 is 2.35 bits per heavy atom. The number of carbonyl (C=O) groups excluding carboxylic acids is 2. The first-order valence-electron chi connectivity index (χ1n) is 11.9. The van der Waals surface area contributed by atoms with E-state index >= 15 is 0 Å². The zero-order valence-corrected chi connectivity index (χ0v) is 20.0. The fourth-order valence-electron chi connectivity index (χ4n) is 4.67. The van der Waals surface area contributed by atoms with Gasteiger partial charge in [-0.2, -0.15) is 0 Å². The van der Waals surface area contributed by atoms with E-state index in [2.05, 4.69) is 9.88 Å². The van der Waals surface area contributed by atoms with Gasteiger partial charge in [0.15, 0.2) is 0 Å². The zero-order chi connectivity index (χ0) is 25.8. The Balaban J connectivity index is 1.30. The third-order valence-electron chi connectivity index (χ3n) is 6.46. The predicted molar refractivity (Wildman–Crippen MR) is 139 cm³/mol. The van der Waals surface area contributed by atoms with Gasteiger partial charge in [0, 0.05) is 23.6 Å². The lowest BCUT2D eigenvalue weighted by atomic mass is 9.92. The van der Waals surface area contributed by atoms with Crippen LogP contribution in [0.25, 0.3) is 11.1 Å². The van der Waals surface area contributed by atoms with Crippen molar-refractivity contribution in [3.05, 3.63) is 114 Å². The third kappa shape index (κ3) is 5.00. The van der Waals surface area contributed by atoms with E-state index in [1.807, 2.05) is 66.7 Å². The van der Waals surface area contributed by atoms with Gasteiger partial charge in [0.25, 0.3) is 5.91 Å². The molecular formula is C29H26N4O4. The molecule has 0 aliphatic carbocycles. The van der Waals surface area contributed by atoms with Crippen LogP contribution < -0.4 is 20.9 Å². The highest BCUT2D eigenvalue weighted by molar-refractivity contribution is 6.03. The minimum atomic E-state index is -0.582. The van der Waals surface area contributed by atoms with Gasteiger partial charge in [0.05, 0.1) is 24.6 Å². The minimum absolute atomic E-state index is 0.0462. The molecular weight excluding hydrogens is 468 g/mol. The number of anilines is 1. The van der Waals surface area contributed by atoms with Crippen molar-refractivity contribution in [2.45, 2.75) is 12.0 Å². The summed E-state index contributed by atoms with van der Waals surface area (Å²) >= 11 is 0. The molecule has 1 aliphatic heterocycles. The summed E-state index contributed by atoms with van der Waals surface area (Å²) in [6.07, 6.45) is 3.25. The van der Waals surface area contributed by atoms with Gasteiger partial charge in [-0.15, -0.1) is 0 Å². The van der Waals surface area contributed by atoms with Crippen molar-refractivity contribution in [2.24, 2.45) is 5.73 Å². The Bertz CT molecular complexity index is 1390. The van der Waals surface area contributed by atoms with Crippen LogP contribution in [0.5, 0.6) is 5.75 Å². The lowest BCUT2D eigenvalue weighted by Crippen LogP contribution is -2.54. The molecule has 2 amide bonds. The molecule has 0 saturated carbocycles. The Morgan fingerprint density at radius 2 is 1.70 bits per heavy atom. The number of nitrogens with one attached hydrogen (secondary N) is 1. The third-order valence-corrected chi connectivity index (χ3v) is 6.46. The Morgan fingerprint density at radius 1 is 0.946 bits per heavy atom. The normalized spacial score (nSPS) is 13.9. The van der Waals surface area contributed by atoms with Crippen LogP contribution in [-0.4, -0.2) is 41.2 Å². The molecule has 186 valence electrons. The number of primary amides is 1. The summed E-state index contributed by atoms with van der Waals surface area (Å²) in [5.74, 6) is -0.890. The minimum Gasteiger partial charge on any atom is -0.487 e. The summed E-state index contributed by atoms with van der Waals surface area (Å²) in [4.78, 5) is 30.7. The maximum Gasteiger partial charge on any atom is 0.275 e. The maximum atomic E-state index is 12.4. The van der Waals surface area contributed by atoms with Gasteiger partial charge in [-0.05, 0) is 47.0 Å². The molecule has 1 aliphatic rings. The van der Waals surface area contributed by atoms with E-state index in [4.69, 9.17) is 10.5 Å². The van der Waals surface area contributed by atoms with Crippen molar-refractivity contribution in [1.82, 2.24) is 10.5 Å². The van der Waals surface area contributed by atoms with E-state index in [0.29, 0.717) is 24.4 Å². The van der Waals surface area contributed by atoms with Gasteiger partial charge >= 0.3 is 0 Å². The highest BCUT2D eigenvalue weighted by Crippen LogP contribution is 2.37. The number of nitrogens with zero attached hydrogens (tertiary/aromatic N) is 2. The van der Waals surface area contributed by atoms with Crippen molar-refractivity contribution >= 4 is 17.5 Å². The Labute approximate surface area is 214 Å². The molecule has 1 aromatic heterocycles. The second-order valence-electron chi connectivity index (χ2n) is 8.84. The molecule has 37 heavy (non-hydrogen) atoms. The molecule has 3 aromatic carbocycles. The average molecular weight is 495 g/mol. The number of rotatable bonds is 8. The summed E-state index contributed by atoms with van der Waals surface area (Å²) in [5, 5.41) is 9.25. The molecule has 0 bridgehead atoms. The fourth-order valence-corrected chi connectivity index (χ4v) is 4.67. The zero-order valence-electron chi connectivity index (χ0n) is 20.0. The SMILES string of the molecule is NC(=O)C(c1ccc(OC2CN(c3cccc(C(=O)NO)c3-c3ccccc3)C2)cc1)c1cccnc1. The number of pyridine rings is 1. The highest BCUT2D eigenvalue weighted by atomic mass is 16.5. The first kappa shape index (κ1) is 24.0. The van der Waals surface area contributed by atoms with E-state index in [1.54, 1.807) is 36.1 Å². The number of nitrogens with two attached hydrogens (primary N) is 1. The quantitative estimate of drug-likeness (QED) is 0.254. The highest BCUT2D eigenvalue weighted by Gasteiger charge is 2.32. The number of benzene rings is 3. The standard InChI is InChI=1S/C29H26N4O4/c30-28(34)26(21-8-5-15-31-16-21)20-11-13-22(14-12-20)37-23-17-33(18-23)25-10-4-9-24(29(35)32-36)27(25)19-6-2-1-3-7-19/h1-16,23,26,36H,17-18H2,(H2,30,34)(H,32,35). The molecule has 0 spiro atoms. The van der Waals surface area contributed by atoms with Crippen LogP contribution in [0.15, 0.2) is 97.3 Å². The molecule has 1 unspecified atom stereocenters. The number of hydrogen-bond acceptors (Lipinski definition) is 6. The molecule has 8 nitrogen and oxygen atoms in total. The molecule has 2 heterocycles. The number of amides is 2. The van der Waals surface area contributed by atoms with Crippen LogP contribution in [0.4, 0.5) is 5.69 Å². The van der Waals surface area contributed by atoms with Crippen molar-refractivity contribution in [2.75, 3.05) is 18.0 Å². The monoisotopic (exact) mass is 494 g/mol. The molecule has 1 fully saturated rings. The van der Waals surface area contributed by atoms with Crippen molar-refractivity contribution in [3.63, 3.8) is 0 Å². The topological polar surface area (TPSA) is 118 Å². The Hall–Kier alpha value is -4.69. The van der Waals surface area contributed by atoms with E-state index < -0.39 is 17.7 Å². The maximum absolute atomic E-state index is 12.4. The van der Waals surface area contributed by atoms with E-state index in [1.165, 1.54) is 0 Å². The van der Waals surface area contributed by atoms with Crippen LogP contribution in [0.2, 0.25) is 0 Å². The summed E-state index contributed by atoms with van der Waals surface area (Å²) in [5.41, 5.74) is 11.9. The number of aromatic nitrogens is 1. The lowest BCUT2D eigenvalue weighted by Gasteiger charge is -2.42. The van der Waals surface area contributed by atoms with Gasteiger partial charge in [0.2, 0.25) is 5.91 Å². The largest absolute Gasteiger partial charge is 0.487 e. The van der Waals surface area contributed by atoms with Crippen molar-refractivity contribution in [3.8, 4) is 16.9 Å². The Kier molecular flexibility index (Phi) is 6.83. The summed E-state index contributed by atoms with van der Waals surface area (Å²) in [6.45, 7) is 1.26. The molecule has 4 N–H and O–H groups in total. The molecule has 0 radical (unpaired) electrons. The predicted octanol–water partition coefficient (Wildman–Crippen LogP) is 3.75. The van der Waals surface area contributed by atoms with E-state index in [-0.39, 0.29) is 6.10 Å². The van der Waals surface area contributed by atoms with E-state index in [9.17, 15) is 14.8 Å². The fraction of sp³-hybridized carbons (Fsp3) is 0.138. The second kappa shape index (κ2) is 10.5. The summed E-state index contributed by atoms with van der Waals surface area (Å²) < 4.78 is 6.16. The van der Waals surface area contributed by atoms with Crippen LogP contribution in [0.3, 0.4) is 0 Å². The number of carbonyl (C=O) groups is 2.